The van der Waals surface area contributed by atoms with Crippen LogP contribution < -0.4 is 0 Å². The molecule has 0 aromatic heterocycles. The molecular weight excluding hydrogens is 295 g/mol. The summed E-state index contributed by atoms with van der Waals surface area (Å²) in [4.78, 5) is 0. The molecule has 0 saturated carbocycles. The Morgan fingerprint density at radius 2 is 2.12 bits per heavy atom. The largest absolute Gasteiger partial charge is 0.270 e. The predicted octanol–water partition coefficient (Wildman–Crippen LogP) is 2.84. The molecule has 0 amide bonds. The van der Waals surface area contributed by atoms with Crippen LogP contribution in [0.4, 0.5) is 0 Å². The third kappa shape index (κ3) is 3.93. The highest BCUT2D eigenvalue weighted by Crippen LogP contribution is 2.39. The maximum absolute atomic E-state index is 11.4. The van der Waals surface area contributed by atoms with Gasteiger partial charge in [0.05, 0.1) is 12.4 Å². The average Bonchev–Trinajstić information content (AvgIpc) is 2.09. The fraction of sp³-hybridized carbons (Fsp3) is 0.556. The van der Waals surface area contributed by atoms with Crippen molar-refractivity contribution in [2.45, 2.75) is 11.3 Å². The lowest BCUT2D eigenvalue weighted by Gasteiger charge is -2.26. The van der Waals surface area contributed by atoms with Crippen molar-refractivity contribution in [3.05, 3.63) is 23.3 Å². The first-order valence-electron chi connectivity index (χ1n) is 4.58. The summed E-state index contributed by atoms with van der Waals surface area (Å²) in [6, 6.07) is 0. The van der Waals surface area contributed by atoms with E-state index in [-0.39, 0.29) is 12.4 Å². The number of hydrogen-bond acceptors (Lipinski definition) is 3. The summed E-state index contributed by atoms with van der Waals surface area (Å²) >= 11 is 17.7. The second-order valence-corrected chi connectivity index (χ2v) is 6.87. The van der Waals surface area contributed by atoms with E-state index in [9.17, 15) is 8.42 Å². The molecule has 0 fully saturated rings. The molecule has 7 heteroatoms. The van der Waals surface area contributed by atoms with Crippen LogP contribution in [-0.4, -0.2) is 25.1 Å². The van der Waals surface area contributed by atoms with E-state index in [2.05, 4.69) is 4.18 Å². The van der Waals surface area contributed by atoms with Gasteiger partial charge in [0.25, 0.3) is 10.1 Å². The molecule has 0 bridgehead atoms. The lowest BCUT2D eigenvalue weighted by Crippen LogP contribution is -2.31. The highest BCUT2D eigenvalue weighted by Gasteiger charge is 2.36. The fourth-order valence-electron chi connectivity index (χ4n) is 1.29. The Kier molecular flexibility index (Phi) is 4.72. The van der Waals surface area contributed by atoms with E-state index in [1.165, 1.54) is 6.08 Å². The van der Waals surface area contributed by atoms with E-state index in [0.29, 0.717) is 5.03 Å². The minimum atomic E-state index is -3.61. The number of halogens is 3. The monoisotopic (exact) mass is 304 g/mol. The predicted molar refractivity (Wildman–Crippen MR) is 66.4 cm³/mol. The molecular formula is C9H11Cl3O3S. The number of alkyl halides is 2. The minimum absolute atomic E-state index is 0.0902. The first-order chi connectivity index (χ1) is 7.27. The van der Waals surface area contributed by atoms with Crippen molar-refractivity contribution in [2.24, 2.45) is 5.92 Å². The van der Waals surface area contributed by atoms with Gasteiger partial charge in [0.15, 0.2) is 0 Å². The van der Waals surface area contributed by atoms with Crippen LogP contribution in [-0.2, 0) is 14.3 Å². The Hall–Kier alpha value is 0.260. The smallest absolute Gasteiger partial charge is 0.268 e. The van der Waals surface area contributed by atoms with E-state index < -0.39 is 20.4 Å². The zero-order chi connectivity index (χ0) is 12.4. The van der Waals surface area contributed by atoms with E-state index in [1.807, 2.05) is 0 Å². The van der Waals surface area contributed by atoms with Crippen LogP contribution in [0.25, 0.3) is 0 Å². The summed E-state index contributed by atoms with van der Waals surface area (Å²) < 4.78 is 26.2. The van der Waals surface area contributed by atoms with Gasteiger partial charge in [0.2, 0.25) is 0 Å². The van der Waals surface area contributed by atoms with Gasteiger partial charge in [0.1, 0.15) is 4.33 Å². The molecule has 1 aliphatic rings. The van der Waals surface area contributed by atoms with Crippen molar-refractivity contribution < 1.29 is 12.6 Å². The zero-order valence-corrected chi connectivity index (χ0v) is 11.6. The van der Waals surface area contributed by atoms with Crippen LogP contribution in [0.3, 0.4) is 0 Å². The molecule has 3 nitrogen and oxygen atoms in total. The van der Waals surface area contributed by atoms with Gasteiger partial charge in [-0.15, -0.1) is 0 Å². The summed E-state index contributed by atoms with van der Waals surface area (Å²) in [6.07, 6.45) is 4.54. The Bertz CT molecular complexity index is 412. The summed E-state index contributed by atoms with van der Waals surface area (Å²) in [5.74, 6) is -0.847. The molecule has 1 aliphatic carbocycles. The van der Waals surface area contributed by atoms with Crippen molar-refractivity contribution in [1.82, 2.24) is 0 Å². The maximum Gasteiger partial charge on any atom is 0.268 e. The molecule has 16 heavy (non-hydrogen) atoms. The summed E-state index contributed by atoms with van der Waals surface area (Å²) in [6.45, 7) is 1.69. The van der Waals surface area contributed by atoms with Crippen molar-refractivity contribution >= 4 is 44.9 Å². The number of allylic oxidation sites excluding steroid dienone is 4. The van der Waals surface area contributed by atoms with Crippen LogP contribution in [0.1, 0.15) is 6.92 Å². The molecule has 0 aromatic rings. The molecule has 0 aliphatic heterocycles. The molecule has 0 aromatic carbocycles. The Balaban J connectivity index is 2.81. The Morgan fingerprint density at radius 3 is 2.62 bits per heavy atom. The van der Waals surface area contributed by atoms with Crippen LogP contribution >= 0.6 is 34.8 Å². The van der Waals surface area contributed by atoms with Crippen LogP contribution in [0.15, 0.2) is 23.3 Å². The quantitative estimate of drug-likeness (QED) is 0.592. The van der Waals surface area contributed by atoms with Gasteiger partial charge in [0, 0.05) is 11.0 Å². The summed E-state index contributed by atoms with van der Waals surface area (Å²) in [5.41, 5.74) is 0. The summed E-state index contributed by atoms with van der Waals surface area (Å²) in [7, 11) is -3.61. The molecule has 0 radical (unpaired) electrons. The van der Waals surface area contributed by atoms with E-state index >= 15 is 0 Å². The van der Waals surface area contributed by atoms with Gasteiger partial charge in [-0.25, -0.2) is 0 Å². The third-order valence-corrected chi connectivity index (χ3v) is 4.37. The topological polar surface area (TPSA) is 43.4 Å². The Morgan fingerprint density at radius 1 is 1.50 bits per heavy atom. The second-order valence-electron chi connectivity index (χ2n) is 3.30. The number of rotatable bonds is 4. The molecule has 0 N–H and O–H groups in total. The summed E-state index contributed by atoms with van der Waals surface area (Å²) in [5, 5.41) is 0.384. The van der Waals surface area contributed by atoms with Crippen molar-refractivity contribution in [1.29, 1.82) is 0 Å². The first kappa shape index (κ1) is 14.3. The standard InChI is InChI=1S/C9H11Cl3O3S/c1-2-15-16(13,14)6-7-3-4-8(10)5-9(7,11)12/h3-5,7H,2,6H2,1H3/t7-/m0/s1. The molecule has 0 spiro atoms. The minimum Gasteiger partial charge on any atom is -0.270 e. The van der Waals surface area contributed by atoms with Crippen LogP contribution in [0.2, 0.25) is 0 Å². The second kappa shape index (κ2) is 5.27. The van der Waals surface area contributed by atoms with Crippen molar-refractivity contribution in [2.75, 3.05) is 12.4 Å². The van der Waals surface area contributed by atoms with Gasteiger partial charge in [-0.3, -0.25) is 4.18 Å². The van der Waals surface area contributed by atoms with E-state index in [4.69, 9.17) is 34.8 Å². The van der Waals surface area contributed by atoms with Gasteiger partial charge in [-0.2, -0.15) is 8.42 Å². The van der Waals surface area contributed by atoms with Crippen molar-refractivity contribution in [3.8, 4) is 0 Å². The lowest BCUT2D eigenvalue weighted by molar-refractivity contribution is 0.334. The maximum atomic E-state index is 11.4. The van der Waals surface area contributed by atoms with Gasteiger partial charge in [-0.05, 0) is 19.1 Å². The molecule has 0 saturated heterocycles. The molecule has 92 valence electrons. The zero-order valence-electron chi connectivity index (χ0n) is 8.49. The SMILES string of the molecule is CCOS(=O)(=O)C[C@@H]1C=CC(Cl)=CC1(Cl)Cl. The van der Waals surface area contributed by atoms with Gasteiger partial charge < -0.3 is 0 Å². The highest BCUT2D eigenvalue weighted by molar-refractivity contribution is 7.86. The van der Waals surface area contributed by atoms with Crippen LogP contribution in [0.5, 0.6) is 0 Å². The fourth-order valence-corrected chi connectivity index (χ4v) is 3.63. The van der Waals surface area contributed by atoms with E-state index in [0.717, 1.165) is 0 Å². The molecule has 1 rings (SSSR count). The Labute approximate surface area is 110 Å². The van der Waals surface area contributed by atoms with Crippen molar-refractivity contribution in [3.63, 3.8) is 0 Å². The highest BCUT2D eigenvalue weighted by atomic mass is 35.5. The van der Waals surface area contributed by atoms with Gasteiger partial charge >= 0.3 is 0 Å². The average molecular weight is 306 g/mol. The molecule has 1 atom stereocenters. The van der Waals surface area contributed by atoms with E-state index in [1.54, 1.807) is 19.1 Å². The van der Waals surface area contributed by atoms with Crippen LogP contribution in [0, 0.1) is 5.92 Å². The van der Waals surface area contributed by atoms with Gasteiger partial charge in [-0.1, -0.05) is 40.9 Å². The third-order valence-electron chi connectivity index (χ3n) is 1.99. The lowest BCUT2D eigenvalue weighted by atomic mass is 10.0. The first-order valence-corrected chi connectivity index (χ1v) is 7.29. The normalized spacial score (nSPS) is 24.2. The number of hydrogen-bond donors (Lipinski definition) is 0. The molecule has 0 heterocycles. The molecule has 0 unspecified atom stereocenters.